The summed E-state index contributed by atoms with van der Waals surface area (Å²) in [5.41, 5.74) is 0.961. The quantitative estimate of drug-likeness (QED) is 0.413. The zero-order valence-corrected chi connectivity index (χ0v) is 16.3. The van der Waals surface area contributed by atoms with Gasteiger partial charge in [-0.2, -0.15) is 0 Å². The number of nitrogens with zero attached hydrogens (tertiary/aromatic N) is 1. The first-order chi connectivity index (χ1) is 12.8. The highest BCUT2D eigenvalue weighted by molar-refractivity contribution is 8.01. The Balaban J connectivity index is 2.50. The molecule has 1 aromatic carbocycles. The van der Waals surface area contributed by atoms with Gasteiger partial charge in [0.25, 0.3) is 5.91 Å². The maximum Gasteiger partial charge on any atom is 0.406 e. The van der Waals surface area contributed by atoms with Crippen molar-refractivity contribution in [2.75, 3.05) is 51.6 Å². The fraction of sp³-hybridized carbons (Fsp3) is 0.438. The summed E-state index contributed by atoms with van der Waals surface area (Å²) in [4.78, 5) is 37.1. The Morgan fingerprint density at radius 1 is 1.26 bits per heavy atom. The van der Waals surface area contributed by atoms with E-state index in [1.807, 2.05) is 0 Å². The second-order valence-electron chi connectivity index (χ2n) is 5.58. The highest BCUT2D eigenvalue weighted by Crippen LogP contribution is 2.44. The molecular weight excluding hydrogens is 374 g/mol. The van der Waals surface area contributed by atoms with Crippen LogP contribution in [0.5, 0.6) is 0 Å². The number of nitrogens with one attached hydrogen (secondary N) is 4. The highest BCUT2D eigenvalue weighted by atomic mass is 32.2. The molecule has 0 aromatic heterocycles. The number of aromatic carboxylic acids is 1. The molecule has 148 valence electrons. The van der Waals surface area contributed by atoms with Gasteiger partial charge in [0, 0.05) is 30.7 Å². The number of likely N-dealkylation sites (N-methyl/N-ethyl adjacent to an activating group) is 2. The molecule has 0 aliphatic carbocycles. The van der Waals surface area contributed by atoms with Crippen LogP contribution in [0.25, 0.3) is 0 Å². The Hall–Kier alpha value is -2.50. The minimum absolute atomic E-state index is 0.0528. The third kappa shape index (κ3) is 3.94. The van der Waals surface area contributed by atoms with Crippen LogP contribution < -0.4 is 26.2 Å². The van der Waals surface area contributed by atoms with Crippen molar-refractivity contribution < 1.29 is 24.2 Å². The number of carbonyl (C=O) groups excluding carboxylic acids is 2. The van der Waals surface area contributed by atoms with Gasteiger partial charge >= 0.3 is 12.1 Å². The molecule has 0 saturated carbocycles. The lowest BCUT2D eigenvalue weighted by atomic mass is 10.1. The van der Waals surface area contributed by atoms with Crippen molar-refractivity contribution in [1.29, 1.82) is 0 Å². The fourth-order valence-corrected chi connectivity index (χ4v) is 3.94. The fourth-order valence-electron chi connectivity index (χ4n) is 2.76. The van der Waals surface area contributed by atoms with E-state index < -0.39 is 17.1 Å². The lowest BCUT2D eigenvalue weighted by Crippen LogP contribution is -2.64. The van der Waals surface area contributed by atoms with Gasteiger partial charge in [0.2, 0.25) is 4.99 Å². The summed E-state index contributed by atoms with van der Waals surface area (Å²) >= 11 is 1.25. The number of benzene rings is 1. The number of alkyl carbamates (subject to hydrolysis) is 1. The van der Waals surface area contributed by atoms with E-state index in [-0.39, 0.29) is 24.6 Å². The highest BCUT2D eigenvalue weighted by Gasteiger charge is 2.45. The van der Waals surface area contributed by atoms with E-state index in [2.05, 4.69) is 26.0 Å². The van der Waals surface area contributed by atoms with Gasteiger partial charge in [0.15, 0.2) is 0 Å². The van der Waals surface area contributed by atoms with Crippen molar-refractivity contribution in [3.63, 3.8) is 0 Å². The van der Waals surface area contributed by atoms with E-state index >= 15 is 0 Å². The van der Waals surface area contributed by atoms with Gasteiger partial charge in [-0.3, -0.25) is 15.4 Å². The lowest BCUT2D eigenvalue weighted by molar-refractivity contribution is -0.122. The molecule has 0 bridgehead atoms. The van der Waals surface area contributed by atoms with E-state index in [4.69, 9.17) is 0 Å². The van der Waals surface area contributed by atoms with Crippen molar-refractivity contribution in [1.82, 2.24) is 16.0 Å². The van der Waals surface area contributed by atoms with Gasteiger partial charge in [0.1, 0.15) is 0 Å². The van der Waals surface area contributed by atoms with Crippen LogP contribution in [0.15, 0.2) is 17.0 Å². The summed E-state index contributed by atoms with van der Waals surface area (Å²) in [6.45, 7) is 0.284. The van der Waals surface area contributed by atoms with E-state index in [0.717, 1.165) is 0 Å². The number of carboxylic acids is 1. The topological polar surface area (TPSA) is 132 Å². The molecule has 27 heavy (non-hydrogen) atoms. The molecule has 5 N–H and O–H groups in total. The number of carboxylic acid groups (broad SMARTS) is 1. The smallest absolute Gasteiger partial charge is 0.406 e. The van der Waals surface area contributed by atoms with E-state index in [9.17, 15) is 19.5 Å². The lowest BCUT2D eigenvalue weighted by Gasteiger charge is -2.41. The molecular formula is C16H23N5O5S. The van der Waals surface area contributed by atoms with Crippen molar-refractivity contribution in [3.05, 3.63) is 17.7 Å². The zero-order valence-electron chi connectivity index (χ0n) is 15.5. The molecule has 0 saturated heterocycles. The maximum atomic E-state index is 13.1. The van der Waals surface area contributed by atoms with Crippen LogP contribution in [0.4, 0.5) is 16.2 Å². The maximum absolute atomic E-state index is 13.1. The first-order valence-electron chi connectivity index (χ1n) is 8.13. The van der Waals surface area contributed by atoms with Crippen molar-refractivity contribution in [3.8, 4) is 0 Å². The Labute approximate surface area is 161 Å². The van der Waals surface area contributed by atoms with Crippen molar-refractivity contribution in [2.45, 2.75) is 9.89 Å². The molecule has 1 aliphatic heterocycles. The van der Waals surface area contributed by atoms with Crippen LogP contribution in [-0.4, -0.2) is 69.4 Å². The van der Waals surface area contributed by atoms with E-state index in [1.54, 1.807) is 27.2 Å². The molecule has 0 atom stereocenters. The Morgan fingerprint density at radius 3 is 2.44 bits per heavy atom. The number of anilines is 2. The summed E-state index contributed by atoms with van der Waals surface area (Å²) in [5.74, 6) is -1.41. The summed E-state index contributed by atoms with van der Waals surface area (Å²) in [7, 11) is 6.19. The van der Waals surface area contributed by atoms with Crippen LogP contribution >= 0.6 is 11.8 Å². The second-order valence-corrected chi connectivity index (χ2v) is 6.84. The predicted molar refractivity (Wildman–Crippen MR) is 102 cm³/mol. The third-order valence-electron chi connectivity index (χ3n) is 4.19. The second kappa shape index (κ2) is 8.46. The Bertz CT molecular complexity index is 753. The number of fused-ring (bicyclic) bond motifs is 1. The number of carbonyl (C=O) groups is 3. The van der Waals surface area contributed by atoms with Crippen LogP contribution in [0.2, 0.25) is 0 Å². The van der Waals surface area contributed by atoms with E-state index in [1.165, 1.54) is 29.8 Å². The summed E-state index contributed by atoms with van der Waals surface area (Å²) in [6, 6.07) is 3.15. The Morgan fingerprint density at radius 2 is 1.93 bits per heavy atom. The van der Waals surface area contributed by atoms with Gasteiger partial charge in [-0.25, -0.2) is 9.59 Å². The van der Waals surface area contributed by atoms with Crippen molar-refractivity contribution in [2.24, 2.45) is 0 Å². The number of hydrogen-bond donors (Lipinski definition) is 5. The van der Waals surface area contributed by atoms with Crippen molar-refractivity contribution >= 4 is 41.1 Å². The number of thioether (sulfide) groups is 1. The normalized spacial score (nSPS) is 15.1. The molecule has 2 rings (SSSR count). The Kier molecular flexibility index (Phi) is 6.52. The number of hydrogen-bond acceptors (Lipinski definition) is 8. The van der Waals surface area contributed by atoms with E-state index in [0.29, 0.717) is 16.3 Å². The molecule has 1 heterocycles. The summed E-state index contributed by atoms with van der Waals surface area (Å²) in [5, 5.41) is 20.8. The largest absolute Gasteiger partial charge is 0.478 e. The first-order valence-corrected chi connectivity index (χ1v) is 8.94. The van der Waals surface area contributed by atoms with Crippen LogP contribution in [0.3, 0.4) is 0 Å². The molecule has 0 spiro atoms. The average molecular weight is 397 g/mol. The number of methoxy groups -OCH3 is 1. The van der Waals surface area contributed by atoms with Crippen LogP contribution in [-0.2, 0) is 9.53 Å². The molecule has 1 aromatic rings. The number of amides is 2. The molecule has 2 amide bonds. The zero-order chi connectivity index (χ0) is 20.2. The van der Waals surface area contributed by atoms with Gasteiger partial charge in [0.05, 0.1) is 18.4 Å². The number of rotatable bonds is 7. The standard InChI is InChI=1S/C16H23N5O5S/c1-17-10-8-12-11(7-9(10)13(22)23)21(6-5-20-15(25)26-4)14(24)16(18-2,19-3)27-12/h7-8,17-19H,5-6H2,1-4H3,(H,20,25)(H,22,23). The van der Waals surface area contributed by atoms with Crippen LogP contribution in [0, 0.1) is 0 Å². The molecule has 0 unspecified atom stereocenters. The molecule has 11 heteroatoms. The minimum atomic E-state index is -1.12. The molecule has 0 radical (unpaired) electrons. The summed E-state index contributed by atoms with van der Waals surface area (Å²) in [6.07, 6.45) is -0.612. The molecule has 0 fully saturated rings. The predicted octanol–water partition coefficient (Wildman–Crippen LogP) is 0.314. The van der Waals surface area contributed by atoms with Gasteiger partial charge in [-0.15, -0.1) is 0 Å². The number of ether oxygens (including phenoxy) is 1. The third-order valence-corrected chi connectivity index (χ3v) is 5.63. The molecule has 10 nitrogen and oxygen atoms in total. The average Bonchev–Trinajstić information content (AvgIpc) is 2.68. The molecule has 1 aliphatic rings. The summed E-state index contributed by atoms with van der Waals surface area (Å²) < 4.78 is 4.53. The van der Waals surface area contributed by atoms with Gasteiger partial charge in [-0.1, -0.05) is 11.8 Å². The monoisotopic (exact) mass is 397 g/mol. The van der Waals surface area contributed by atoms with Gasteiger partial charge < -0.3 is 25.4 Å². The minimum Gasteiger partial charge on any atom is -0.478 e. The van der Waals surface area contributed by atoms with Gasteiger partial charge in [-0.05, 0) is 26.2 Å². The first kappa shape index (κ1) is 20.8. The van der Waals surface area contributed by atoms with Crippen LogP contribution in [0.1, 0.15) is 10.4 Å². The SMILES string of the molecule is CNc1cc2c(cc1C(=O)O)N(CCNC(=O)OC)C(=O)C(NC)(NC)S2.